The second kappa shape index (κ2) is 5.38. The summed E-state index contributed by atoms with van der Waals surface area (Å²) in [6.07, 6.45) is 1.50. The second-order valence-electron chi connectivity index (χ2n) is 4.23. The first kappa shape index (κ1) is 12.7. The van der Waals surface area contributed by atoms with Crippen LogP contribution in [0, 0.1) is 0 Å². The van der Waals surface area contributed by atoms with Crippen molar-refractivity contribution in [2.24, 2.45) is 0 Å². The van der Waals surface area contributed by atoms with E-state index < -0.39 is 0 Å². The SMILES string of the molecule is O=C(NCc1ccc2c(c1)OCO2)c1cc(Cl)ccn1. The molecule has 102 valence electrons. The summed E-state index contributed by atoms with van der Waals surface area (Å²) < 4.78 is 10.5. The van der Waals surface area contributed by atoms with Gasteiger partial charge in [-0.05, 0) is 29.8 Å². The Morgan fingerprint density at radius 3 is 2.95 bits per heavy atom. The summed E-state index contributed by atoms with van der Waals surface area (Å²) in [6.45, 7) is 0.612. The van der Waals surface area contributed by atoms with Gasteiger partial charge in [0.05, 0.1) is 0 Å². The average Bonchev–Trinajstić information content (AvgIpc) is 2.92. The van der Waals surface area contributed by atoms with Crippen LogP contribution in [-0.4, -0.2) is 17.7 Å². The number of nitrogens with zero attached hydrogens (tertiary/aromatic N) is 1. The highest BCUT2D eigenvalue weighted by Crippen LogP contribution is 2.32. The molecule has 0 bridgehead atoms. The zero-order chi connectivity index (χ0) is 13.9. The molecule has 1 N–H and O–H groups in total. The molecule has 3 rings (SSSR count). The molecule has 0 saturated heterocycles. The van der Waals surface area contributed by atoms with Gasteiger partial charge in [-0.25, -0.2) is 0 Å². The molecule has 1 aliphatic heterocycles. The van der Waals surface area contributed by atoms with Crippen LogP contribution in [0.2, 0.25) is 5.02 Å². The predicted molar refractivity (Wildman–Crippen MR) is 73.0 cm³/mol. The van der Waals surface area contributed by atoms with Crippen molar-refractivity contribution in [3.8, 4) is 11.5 Å². The van der Waals surface area contributed by atoms with Gasteiger partial charge in [-0.2, -0.15) is 0 Å². The summed E-state index contributed by atoms with van der Waals surface area (Å²) in [7, 11) is 0. The number of amides is 1. The fourth-order valence-corrected chi connectivity index (χ4v) is 2.01. The number of pyridine rings is 1. The molecule has 2 aromatic rings. The van der Waals surface area contributed by atoms with Crippen LogP contribution in [0.3, 0.4) is 0 Å². The van der Waals surface area contributed by atoms with Crippen LogP contribution in [0.4, 0.5) is 0 Å². The standard InChI is InChI=1S/C14H11ClN2O3/c15-10-3-4-16-11(6-10)14(18)17-7-9-1-2-12-13(5-9)20-8-19-12/h1-6H,7-8H2,(H,17,18). The van der Waals surface area contributed by atoms with Crippen LogP contribution in [-0.2, 0) is 6.54 Å². The lowest BCUT2D eigenvalue weighted by molar-refractivity contribution is 0.0946. The summed E-state index contributed by atoms with van der Waals surface area (Å²) in [4.78, 5) is 15.9. The van der Waals surface area contributed by atoms with Gasteiger partial charge in [-0.1, -0.05) is 17.7 Å². The predicted octanol–water partition coefficient (Wildman–Crippen LogP) is 2.39. The highest BCUT2D eigenvalue weighted by molar-refractivity contribution is 6.30. The molecular formula is C14H11ClN2O3. The number of hydrogen-bond donors (Lipinski definition) is 1. The van der Waals surface area contributed by atoms with E-state index in [4.69, 9.17) is 21.1 Å². The monoisotopic (exact) mass is 290 g/mol. The maximum Gasteiger partial charge on any atom is 0.270 e. The largest absolute Gasteiger partial charge is 0.454 e. The molecule has 6 heteroatoms. The molecule has 1 aliphatic rings. The van der Waals surface area contributed by atoms with Gasteiger partial charge in [0.2, 0.25) is 6.79 Å². The van der Waals surface area contributed by atoms with E-state index in [9.17, 15) is 4.79 Å². The van der Waals surface area contributed by atoms with Gasteiger partial charge in [-0.3, -0.25) is 9.78 Å². The van der Waals surface area contributed by atoms with E-state index in [-0.39, 0.29) is 12.7 Å². The van der Waals surface area contributed by atoms with E-state index in [0.29, 0.717) is 23.0 Å². The summed E-state index contributed by atoms with van der Waals surface area (Å²) in [6, 6.07) is 8.68. The Labute approximate surface area is 120 Å². The van der Waals surface area contributed by atoms with E-state index >= 15 is 0 Å². The van der Waals surface area contributed by atoms with Crippen LogP contribution < -0.4 is 14.8 Å². The third kappa shape index (κ3) is 2.67. The van der Waals surface area contributed by atoms with Crippen molar-refractivity contribution < 1.29 is 14.3 Å². The maximum atomic E-state index is 11.9. The van der Waals surface area contributed by atoms with Crippen LogP contribution in [0.15, 0.2) is 36.5 Å². The topological polar surface area (TPSA) is 60.5 Å². The minimum absolute atomic E-state index is 0.234. The Morgan fingerprint density at radius 1 is 1.25 bits per heavy atom. The Bertz CT molecular complexity index is 661. The average molecular weight is 291 g/mol. The van der Waals surface area contributed by atoms with Crippen LogP contribution in [0.5, 0.6) is 11.5 Å². The molecule has 0 saturated carbocycles. The molecule has 0 fully saturated rings. The van der Waals surface area contributed by atoms with Crippen molar-refractivity contribution in [3.63, 3.8) is 0 Å². The molecule has 5 nitrogen and oxygen atoms in total. The van der Waals surface area contributed by atoms with Gasteiger partial charge in [0.1, 0.15) is 5.69 Å². The summed E-state index contributed by atoms with van der Waals surface area (Å²) in [5.74, 6) is 1.14. The van der Waals surface area contributed by atoms with Crippen LogP contribution >= 0.6 is 11.6 Å². The van der Waals surface area contributed by atoms with Crippen molar-refractivity contribution in [1.29, 1.82) is 0 Å². The number of fused-ring (bicyclic) bond motifs is 1. The first-order chi connectivity index (χ1) is 9.72. The lowest BCUT2D eigenvalue weighted by Crippen LogP contribution is -2.23. The number of aromatic nitrogens is 1. The first-order valence-corrected chi connectivity index (χ1v) is 6.38. The molecule has 0 radical (unpaired) electrons. The smallest absolute Gasteiger partial charge is 0.270 e. The fourth-order valence-electron chi connectivity index (χ4n) is 1.85. The fraction of sp³-hybridized carbons (Fsp3) is 0.143. The molecular weight excluding hydrogens is 280 g/mol. The molecule has 0 atom stereocenters. The molecule has 0 spiro atoms. The van der Waals surface area contributed by atoms with Crippen LogP contribution in [0.1, 0.15) is 16.1 Å². The summed E-state index contributed by atoms with van der Waals surface area (Å²) in [5.41, 5.74) is 1.21. The lowest BCUT2D eigenvalue weighted by Gasteiger charge is -2.06. The number of rotatable bonds is 3. The summed E-state index contributed by atoms with van der Waals surface area (Å²) >= 11 is 5.82. The minimum Gasteiger partial charge on any atom is -0.454 e. The van der Waals surface area contributed by atoms with Gasteiger partial charge >= 0.3 is 0 Å². The number of ether oxygens (including phenoxy) is 2. The molecule has 20 heavy (non-hydrogen) atoms. The van der Waals surface area contributed by atoms with Gasteiger partial charge in [0, 0.05) is 17.8 Å². The third-order valence-electron chi connectivity index (χ3n) is 2.84. The van der Waals surface area contributed by atoms with E-state index in [1.165, 1.54) is 12.3 Å². The molecule has 1 amide bonds. The van der Waals surface area contributed by atoms with E-state index in [0.717, 1.165) is 11.3 Å². The lowest BCUT2D eigenvalue weighted by atomic mass is 10.2. The number of carbonyl (C=O) groups excluding carboxylic acids is 1. The van der Waals surface area contributed by atoms with Gasteiger partial charge in [0.15, 0.2) is 11.5 Å². The third-order valence-corrected chi connectivity index (χ3v) is 3.08. The normalized spacial score (nSPS) is 12.2. The zero-order valence-corrected chi connectivity index (χ0v) is 11.2. The second-order valence-corrected chi connectivity index (χ2v) is 4.67. The van der Waals surface area contributed by atoms with E-state index in [1.54, 1.807) is 6.07 Å². The summed E-state index contributed by atoms with van der Waals surface area (Å²) in [5, 5.41) is 3.26. The van der Waals surface area contributed by atoms with E-state index in [2.05, 4.69) is 10.3 Å². The van der Waals surface area contributed by atoms with Gasteiger partial charge < -0.3 is 14.8 Å². The number of hydrogen-bond acceptors (Lipinski definition) is 4. The molecule has 2 heterocycles. The maximum absolute atomic E-state index is 11.9. The highest BCUT2D eigenvalue weighted by Gasteiger charge is 2.14. The van der Waals surface area contributed by atoms with Gasteiger partial charge in [-0.15, -0.1) is 0 Å². The van der Waals surface area contributed by atoms with Crippen molar-refractivity contribution in [2.45, 2.75) is 6.54 Å². The number of carbonyl (C=O) groups is 1. The zero-order valence-electron chi connectivity index (χ0n) is 10.4. The van der Waals surface area contributed by atoms with E-state index in [1.807, 2.05) is 18.2 Å². The quantitative estimate of drug-likeness (QED) is 0.943. The Balaban J connectivity index is 1.66. The van der Waals surface area contributed by atoms with Gasteiger partial charge in [0.25, 0.3) is 5.91 Å². The molecule has 0 unspecified atom stereocenters. The molecule has 1 aromatic heterocycles. The van der Waals surface area contributed by atoms with Crippen molar-refractivity contribution in [3.05, 3.63) is 52.8 Å². The molecule has 0 aliphatic carbocycles. The highest BCUT2D eigenvalue weighted by atomic mass is 35.5. The number of benzene rings is 1. The Kier molecular flexibility index (Phi) is 3.43. The van der Waals surface area contributed by atoms with Crippen molar-refractivity contribution in [1.82, 2.24) is 10.3 Å². The first-order valence-electron chi connectivity index (χ1n) is 6.01. The number of halogens is 1. The van der Waals surface area contributed by atoms with Crippen LogP contribution in [0.25, 0.3) is 0 Å². The molecule has 1 aromatic carbocycles. The Hall–Kier alpha value is -2.27. The Morgan fingerprint density at radius 2 is 2.10 bits per heavy atom. The van der Waals surface area contributed by atoms with Crippen molar-refractivity contribution >= 4 is 17.5 Å². The minimum atomic E-state index is -0.273. The van der Waals surface area contributed by atoms with Crippen molar-refractivity contribution in [2.75, 3.05) is 6.79 Å². The number of nitrogens with one attached hydrogen (secondary N) is 1.